The zero-order chi connectivity index (χ0) is 20.6. The van der Waals surface area contributed by atoms with Crippen molar-refractivity contribution in [3.05, 3.63) is 78.6 Å². The Morgan fingerprint density at radius 2 is 1.57 bits per heavy atom. The maximum absolute atomic E-state index is 12.2. The molecule has 0 bridgehead atoms. The number of carbonyl (C=O) groups is 1. The molecule has 1 fully saturated rings. The lowest BCUT2D eigenvalue weighted by Gasteiger charge is -2.36. The van der Waals surface area contributed by atoms with E-state index in [1.807, 2.05) is 42.5 Å². The molecular weight excluding hydrogens is 374 g/mol. The van der Waals surface area contributed by atoms with Gasteiger partial charge in [0.2, 0.25) is 5.91 Å². The van der Waals surface area contributed by atoms with E-state index >= 15 is 0 Å². The second-order valence-electron chi connectivity index (χ2n) is 7.65. The molecule has 0 aliphatic carbocycles. The number of anilines is 1. The molecule has 3 aromatic rings. The second-order valence-corrected chi connectivity index (χ2v) is 7.65. The van der Waals surface area contributed by atoms with E-state index in [4.69, 9.17) is 4.42 Å². The van der Waals surface area contributed by atoms with E-state index in [0.717, 1.165) is 49.8 Å². The highest BCUT2D eigenvalue weighted by molar-refractivity contribution is 5.76. The summed E-state index contributed by atoms with van der Waals surface area (Å²) in [5.41, 5.74) is 2.35. The normalized spacial score (nSPS) is 14.6. The van der Waals surface area contributed by atoms with E-state index in [1.165, 1.54) is 5.69 Å². The fourth-order valence-corrected chi connectivity index (χ4v) is 3.82. The van der Waals surface area contributed by atoms with Crippen molar-refractivity contribution in [2.24, 2.45) is 0 Å². The molecule has 2 aromatic carbocycles. The van der Waals surface area contributed by atoms with Gasteiger partial charge in [-0.15, -0.1) is 0 Å². The fourth-order valence-electron chi connectivity index (χ4n) is 3.82. The van der Waals surface area contributed by atoms with Gasteiger partial charge in [0.1, 0.15) is 11.5 Å². The van der Waals surface area contributed by atoms with Crippen molar-refractivity contribution in [1.29, 1.82) is 0 Å². The van der Waals surface area contributed by atoms with Crippen LogP contribution < -0.4 is 10.2 Å². The summed E-state index contributed by atoms with van der Waals surface area (Å²) in [4.78, 5) is 17.0. The fraction of sp³-hybridized carbons (Fsp3) is 0.320. The minimum Gasteiger partial charge on any atom is -0.461 e. The van der Waals surface area contributed by atoms with Gasteiger partial charge < -0.3 is 14.6 Å². The highest BCUT2D eigenvalue weighted by Gasteiger charge is 2.16. The van der Waals surface area contributed by atoms with Crippen LogP contribution in [0.3, 0.4) is 0 Å². The molecule has 0 spiro atoms. The van der Waals surface area contributed by atoms with Crippen molar-refractivity contribution < 1.29 is 9.21 Å². The number of para-hydroxylation sites is 1. The molecule has 5 heteroatoms. The van der Waals surface area contributed by atoms with E-state index in [-0.39, 0.29) is 5.91 Å². The number of piperazine rings is 1. The molecule has 2 heterocycles. The highest BCUT2D eigenvalue weighted by Crippen LogP contribution is 2.22. The molecule has 4 rings (SSSR count). The Labute approximate surface area is 178 Å². The highest BCUT2D eigenvalue weighted by atomic mass is 16.3. The zero-order valence-electron chi connectivity index (χ0n) is 17.3. The van der Waals surface area contributed by atoms with Crippen LogP contribution in [0.25, 0.3) is 11.3 Å². The van der Waals surface area contributed by atoms with Crippen LogP contribution in [0.1, 0.15) is 12.2 Å². The average Bonchev–Trinajstić information content (AvgIpc) is 3.29. The third kappa shape index (κ3) is 5.51. The number of benzene rings is 2. The standard InChI is InChI=1S/C25H29N3O2/c29-25(14-12-23-11-13-24(30-23)21-7-3-1-4-8-21)26-15-16-27-17-19-28(20-18-27)22-9-5-2-6-10-22/h1-11,13H,12,14-20H2,(H,26,29). The van der Waals surface area contributed by atoms with Gasteiger partial charge in [0, 0.05) is 63.4 Å². The maximum atomic E-state index is 12.2. The van der Waals surface area contributed by atoms with E-state index in [2.05, 4.69) is 45.4 Å². The van der Waals surface area contributed by atoms with Crippen molar-refractivity contribution >= 4 is 11.6 Å². The number of hydrogen-bond acceptors (Lipinski definition) is 4. The second kappa shape index (κ2) is 10.1. The van der Waals surface area contributed by atoms with Gasteiger partial charge in [0.25, 0.3) is 0 Å². The summed E-state index contributed by atoms with van der Waals surface area (Å²) in [6.45, 7) is 5.70. The molecule has 0 radical (unpaired) electrons. The van der Waals surface area contributed by atoms with Crippen LogP contribution in [0.4, 0.5) is 5.69 Å². The lowest BCUT2D eigenvalue weighted by Crippen LogP contribution is -2.48. The Morgan fingerprint density at radius 3 is 2.30 bits per heavy atom. The predicted molar refractivity (Wildman–Crippen MR) is 121 cm³/mol. The number of amides is 1. The number of hydrogen-bond donors (Lipinski definition) is 1. The van der Waals surface area contributed by atoms with Gasteiger partial charge in [-0.3, -0.25) is 9.69 Å². The lowest BCUT2D eigenvalue weighted by atomic mass is 10.2. The first-order chi connectivity index (χ1) is 14.8. The molecule has 1 N–H and O–H groups in total. The summed E-state index contributed by atoms with van der Waals surface area (Å²) < 4.78 is 5.87. The molecular formula is C25H29N3O2. The molecule has 1 aliphatic rings. The van der Waals surface area contributed by atoms with Crippen molar-refractivity contribution in [3.8, 4) is 11.3 Å². The smallest absolute Gasteiger partial charge is 0.220 e. The predicted octanol–water partition coefficient (Wildman–Crippen LogP) is 3.82. The van der Waals surface area contributed by atoms with Crippen LogP contribution in [-0.2, 0) is 11.2 Å². The van der Waals surface area contributed by atoms with Gasteiger partial charge in [-0.2, -0.15) is 0 Å². The van der Waals surface area contributed by atoms with Gasteiger partial charge in [0.05, 0.1) is 0 Å². The molecule has 0 saturated carbocycles. The van der Waals surface area contributed by atoms with Crippen LogP contribution in [0, 0.1) is 0 Å². The van der Waals surface area contributed by atoms with Crippen LogP contribution in [0.5, 0.6) is 0 Å². The summed E-state index contributed by atoms with van der Waals surface area (Å²) in [5.74, 6) is 1.78. The van der Waals surface area contributed by atoms with Crippen LogP contribution in [0.15, 0.2) is 77.2 Å². The summed E-state index contributed by atoms with van der Waals surface area (Å²) in [5, 5.41) is 3.05. The third-order valence-corrected chi connectivity index (χ3v) is 5.56. The first kappa shape index (κ1) is 20.2. The molecule has 1 aliphatic heterocycles. The van der Waals surface area contributed by atoms with Gasteiger partial charge in [-0.1, -0.05) is 48.5 Å². The first-order valence-electron chi connectivity index (χ1n) is 10.7. The van der Waals surface area contributed by atoms with Crippen LogP contribution >= 0.6 is 0 Å². The zero-order valence-corrected chi connectivity index (χ0v) is 17.3. The van der Waals surface area contributed by atoms with Crippen molar-refractivity contribution in [1.82, 2.24) is 10.2 Å². The average molecular weight is 404 g/mol. The molecule has 156 valence electrons. The molecule has 1 amide bonds. The quantitative estimate of drug-likeness (QED) is 0.621. The molecule has 1 aromatic heterocycles. The van der Waals surface area contributed by atoms with Gasteiger partial charge >= 0.3 is 0 Å². The maximum Gasteiger partial charge on any atom is 0.220 e. The molecule has 0 unspecified atom stereocenters. The number of carbonyl (C=O) groups excluding carboxylic acids is 1. The molecule has 30 heavy (non-hydrogen) atoms. The van der Waals surface area contributed by atoms with Crippen molar-refractivity contribution in [2.75, 3.05) is 44.2 Å². The monoisotopic (exact) mass is 403 g/mol. The Morgan fingerprint density at radius 1 is 0.867 bits per heavy atom. The Balaban J connectivity index is 1.13. The summed E-state index contributed by atoms with van der Waals surface area (Å²) >= 11 is 0. The number of nitrogens with zero attached hydrogens (tertiary/aromatic N) is 2. The minimum atomic E-state index is 0.0792. The number of nitrogens with one attached hydrogen (secondary N) is 1. The van der Waals surface area contributed by atoms with Crippen molar-refractivity contribution in [2.45, 2.75) is 12.8 Å². The van der Waals surface area contributed by atoms with Crippen molar-refractivity contribution in [3.63, 3.8) is 0 Å². The van der Waals surface area contributed by atoms with Crippen LogP contribution in [-0.4, -0.2) is 50.1 Å². The van der Waals surface area contributed by atoms with E-state index < -0.39 is 0 Å². The lowest BCUT2D eigenvalue weighted by molar-refractivity contribution is -0.121. The van der Waals surface area contributed by atoms with E-state index in [9.17, 15) is 4.79 Å². The topological polar surface area (TPSA) is 48.7 Å². The summed E-state index contributed by atoms with van der Waals surface area (Å²) in [6.07, 6.45) is 1.07. The summed E-state index contributed by atoms with van der Waals surface area (Å²) in [6, 6.07) is 24.5. The number of furan rings is 1. The van der Waals surface area contributed by atoms with Gasteiger partial charge in [-0.05, 0) is 24.3 Å². The third-order valence-electron chi connectivity index (χ3n) is 5.56. The Bertz CT molecular complexity index is 916. The SMILES string of the molecule is O=C(CCc1ccc(-c2ccccc2)o1)NCCN1CCN(c2ccccc2)CC1. The molecule has 1 saturated heterocycles. The van der Waals surface area contributed by atoms with Crippen LogP contribution in [0.2, 0.25) is 0 Å². The largest absolute Gasteiger partial charge is 0.461 e. The minimum absolute atomic E-state index is 0.0792. The Hall–Kier alpha value is -3.05. The first-order valence-corrected chi connectivity index (χ1v) is 10.7. The molecule has 5 nitrogen and oxygen atoms in total. The number of aryl methyl sites for hydroxylation is 1. The van der Waals surface area contributed by atoms with Gasteiger partial charge in [-0.25, -0.2) is 0 Å². The van der Waals surface area contributed by atoms with Gasteiger partial charge in [0.15, 0.2) is 0 Å². The van der Waals surface area contributed by atoms with E-state index in [0.29, 0.717) is 19.4 Å². The Kier molecular flexibility index (Phi) is 6.83. The molecule has 0 atom stereocenters. The van der Waals surface area contributed by atoms with E-state index in [1.54, 1.807) is 0 Å². The number of rotatable bonds is 8. The summed E-state index contributed by atoms with van der Waals surface area (Å²) in [7, 11) is 0.